The van der Waals surface area contributed by atoms with E-state index in [9.17, 15) is 4.79 Å². The second-order valence-electron chi connectivity index (χ2n) is 5.72. The van der Waals surface area contributed by atoms with E-state index < -0.39 is 0 Å². The van der Waals surface area contributed by atoms with Gasteiger partial charge in [-0.15, -0.1) is 0 Å². The number of likely N-dealkylation sites (tertiary alicyclic amines) is 1. The van der Waals surface area contributed by atoms with Crippen molar-refractivity contribution in [3.05, 3.63) is 71.8 Å². The van der Waals surface area contributed by atoms with Gasteiger partial charge in [0.1, 0.15) is 0 Å². The molecule has 3 heteroatoms. The largest absolute Gasteiger partial charge is 0.302 e. The lowest BCUT2D eigenvalue weighted by Crippen LogP contribution is -2.24. The van der Waals surface area contributed by atoms with Gasteiger partial charge in [0.15, 0.2) is 0 Å². The zero-order chi connectivity index (χ0) is 15.2. The summed E-state index contributed by atoms with van der Waals surface area (Å²) >= 11 is 1.51. The van der Waals surface area contributed by atoms with Gasteiger partial charge in [-0.3, -0.25) is 4.79 Å². The molecule has 0 amide bonds. The normalized spacial score (nSPS) is 18.5. The van der Waals surface area contributed by atoms with Crippen LogP contribution in [-0.4, -0.2) is 34.9 Å². The van der Waals surface area contributed by atoms with Crippen LogP contribution in [0.25, 0.3) is 0 Å². The van der Waals surface area contributed by atoms with Crippen LogP contribution < -0.4 is 0 Å². The Labute approximate surface area is 136 Å². The van der Waals surface area contributed by atoms with E-state index in [4.69, 9.17) is 0 Å². The molecule has 0 N–H and O–H groups in total. The van der Waals surface area contributed by atoms with E-state index in [2.05, 4.69) is 35.2 Å². The molecule has 22 heavy (non-hydrogen) atoms. The molecule has 1 aliphatic rings. The lowest BCUT2D eigenvalue weighted by molar-refractivity contribution is 0.108. The molecule has 0 aliphatic carbocycles. The summed E-state index contributed by atoms with van der Waals surface area (Å²) in [6, 6.07) is 20.2. The van der Waals surface area contributed by atoms with E-state index in [1.807, 2.05) is 30.3 Å². The third-order valence-corrected chi connectivity index (χ3v) is 5.24. The number of rotatable bonds is 5. The molecule has 0 unspecified atom stereocenters. The number of hydrogen-bond acceptors (Lipinski definition) is 3. The molecule has 1 aliphatic heterocycles. The molecule has 0 bridgehead atoms. The van der Waals surface area contributed by atoms with Gasteiger partial charge in [-0.05, 0) is 24.9 Å². The zero-order valence-electron chi connectivity index (χ0n) is 12.7. The molecule has 114 valence electrons. The highest BCUT2D eigenvalue weighted by Crippen LogP contribution is 2.26. The Balaban J connectivity index is 1.45. The van der Waals surface area contributed by atoms with Crippen LogP contribution in [-0.2, 0) is 6.42 Å². The van der Waals surface area contributed by atoms with Gasteiger partial charge in [0.05, 0.1) is 0 Å². The van der Waals surface area contributed by atoms with Gasteiger partial charge in [-0.2, -0.15) is 0 Å². The topological polar surface area (TPSA) is 20.3 Å². The molecule has 2 aromatic carbocycles. The molecule has 0 spiro atoms. The van der Waals surface area contributed by atoms with Crippen molar-refractivity contribution < 1.29 is 4.79 Å². The van der Waals surface area contributed by atoms with Crippen LogP contribution in [0, 0.1) is 0 Å². The summed E-state index contributed by atoms with van der Waals surface area (Å²) in [4.78, 5) is 14.7. The first-order valence-corrected chi connectivity index (χ1v) is 8.71. The first-order valence-electron chi connectivity index (χ1n) is 7.83. The van der Waals surface area contributed by atoms with Crippen molar-refractivity contribution in [3.8, 4) is 0 Å². The standard InChI is InChI=1S/C19H21NOS/c21-19(17-9-5-2-6-10-17)22-18-12-14-20(15-18)13-11-16-7-3-1-4-8-16/h1-10,18H,11-15H2/t18-/m0/s1. The van der Waals surface area contributed by atoms with Crippen molar-refractivity contribution in [1.82, 2.24) is 4.90 Å². The fourth-order valence-electron chi connectivity index (χ4n) is 2.82. The number of carbonyl (C=O) groups excluding carboxylic acids is 1. The van der Waals surface area contributed by atoms with Crippen LogP contribution in [0.1, 0.15) is 22.3 Å². The first-order chi connectivity index (χ1) is 10.8. The van der Waals surface area contributed by atoms with Crippen molar-refractivity contribution in [2.75, 3.05) is 19.6 Å². The highest BCUT2D eigenvalue weighted by atomic mass is 32.2. The summed E-state index contributed by atoms with van der Waals surface area (Å²) in [5.74, 6) is 0. The van der Waals surface area contributed by atoms with Crippen molar-refractivity contribution >= 4 is 16.9 Å². The number of hydrogen-bond donors (Lipinski definition) is 0. The van der Waals surface area contributed by atoms with Crippen molar-refractivity contribution in [1.29, 1.82) is 0 Å². The predicted molar refractivity (Wildman–Crippen MR) is 93.4 cm³/mol. The lowest BCUT2D eigenvalue weighted by Gasteiger charge is -2.15. The molecule has 0 aromatic heterocycles. The van der Waals surface area contributed by atoms with Crippen LogP contribution in [0.4, 0.5) is 0 Å². The summed E-state index contributed by atoms with van der Waals surface area (Å²) in [6.45, 7) is 3.21. The minimum Gasteiger partial charge on any atom is -0.302 e. The molecule has 3 rings (SSSR count). The van der Waals surface area contributed by atoms with Gasteiger partial charge in [-0.25, -0.2) is 0 Å². The third-order valence-electron chi connectivity index (χ3n) is 4.07. The quantitative estimate of drug-likeness (QED) is 0.836. The monoisotopic (exact) mass is 311 g/mol. The minimum atomic E-state index is 0.204. The number of benzene rings is 2. The first kappa shape index (κ1) is 15.3. The van der Waals surface area contributed by atoms with Gasteiger partial charge in [-0.1, -0.05) is 72.4 Å². The van der Waals surface area contributed by atoms with Crippen molar-refractivity contribution in [2.45, 2.75) is 18.1 Å². The van der Waals surface area contributed by atoms with E-state index >= 15 is 0 Å². The van der Waals surface area contributed by atoms with Crippen molar-refractivity contribution in [2.24, 2.45) is 0 Å². The molecule has 0 radical (unpaired) electrons. The van der Waals surface area contributed by atoms with Gasteiger partial charge >= 0.3 is 0 Å². The summed E-state index contributed by atoms with van der Waals surface area (Å²) in [5, 5.41) is 0.638. The second-order valence-corrected chi connectivity index (χ2v) is 6.99. The Morgan fingerprint density at radius 1 is 1.05 bits per heavy atom. The number of nitrogens with zero attached hydrogens (tertiary/aromatic N) is 1. The molecule has 2 aromatic rings. The Bertz CT molecular complexity index is 599. The molecular formula is C19H21NOS. The van der Waals surface area contributed by atoms with Crippen LogP contribution in [0.2, 0.25) is 0 Å². The average molecular weight is 311 g/mol. The molecular weight excluding hydrogens is 290 g/mol. The van der Waals surface area contributed by atoms with Crippen molar-refractivity contribution in [3.63, 3.8) is 0 Å². The maximum Gasteiger partial charge on any atom is 0.219 e. The van der Waals surface area contributed by atoms with Crippen LogP contribution in [0.3, 0.4) is 0 Å². The highest BCUT2D eigenvalue weighted by molar-refractivity contribution is 8.14. The average Bonchev–Trinajstić information content (AvgIpc) is 3.02. The van der Waals surface area contributed by atoms with E-state index in [-0.39, 0.29) is 5.12 Å². The Kier molecular flexibility index (Phi) is 5.30. The lowest BCUT2D eigenvalue weighted by atomic mass is 10.1. The van der Waals surface area contributed by atoms with Gasteiger partial charge < -0.3 is 4.90 Å². The summed E-state index contributed by atoms with van der Waals surface area (Å²) in [6.07, 6.45) is 2.20. The summed E-state index contributed by atoms with van der Waals surface area (Å²) in [5.41, 5.74) is 2.20. The van der Waals surface area contributed by atoms with Gasteiger partial charge in [0.2, 0.25) is 5.12 Å². The van der Waals surface area contributed by atoms with Crippen LogP contribution >= 0.6 is 11.8 Å². The smallest absolute Gasteiger partial charge is 0.219 e. The minimum absolute atomic E-state index is 0.204. The van der Waals surface area contributed by atoms with E-state index in [1.165, 1.54) is 17.3 Å². The van der Waals surface area contributed by atoms with Gasteiger partial charge in [0, 0.05) is 23.9 Å². The Morgan fingerprint density at radius 3 is 2.45 bits per heavy atom. The predicted octanol–water partition coefficient (Wildman–Crippen LogP) is 3.88. The third kappa shape index (κ3) is 4.21. The van der Waals surface area contributed by atoms with E-state index in [0.29, 0.717) is 5.25 Å². The molecule has 1 fully saturated rings. The molecule has 1 heterocycles. The Morgan fingerprint density at radius 2 is 1.73 bits per heavy atom. The van der Waals surface area contributed by atoms with Crippen LogP contribution in [0.15, 0.2) is 60.7 Å². The fourth-order valence-corrected chi connectivity index (χ4v) is 3.91. The van der Waals surface area contributed by atoms with E-state index in [1.54, 1.807) is 0 Å². The Hall–Kier alpha value is -1.58. The summed E-state index contributed by atoms with van der Waals surface area (Å²) in [7, 11) is 0. The summed E-state index contributed by atoms with van der Waals surface area (Å²) < 4.78 is 0. The molecule has 1 atom stereocenters. The fraction of sp³-hybridized carbons (Fsp3) is 0.316. The molecule has 0 saturated carbocycles. The molecule has 2 nitrogen and oxygen atoms in total. The second kappa shape index (κ2) is 7.61. The molecule has 1 saturated heterocycles. The van der Waals surface area contributed by atoms with Gasteiger partial charge in [0.25, 0.3) is 0 Å². The van der Waals surface area contributed by atoms with E-state index in [0.717, 1.165) is 38.0 Å². The number of carbonyl (C=O) groups is 1. The maximum atomic E-state index is 12.2. The maximum absolute atomic E-state index is 12.2. The highest BCUT2D eigenvalue weighted by Gasteiger charge is 2.25. The SMILES string of the molecule is O=C(S[C@H]1CCN(CCc2ccccc2)C1)c1ccccc1. The zero-order valence-corrected chi connectivity index (χ0v) is 13.5. The van der Waals surface area contributed by atoms with Crippen LogP contribution in [0.5, 0.6) is 0 Å². The number of thioether (sulfide) groups is 1.